The third-order valence-electron chi connectivity index (χ3n) is 5.20. The summed E-state index contributed by atoms with van der Waals surface area (Å²) in [6.45, 7) is 1.04. The van der Waals surface area contributed by atoms with Crippen LogP contribution < -0.4 is 20.2 Å². The second-order valence-electron chi connectivity index (χ2n) is 8.15. The molecule has 1 heterocycles. The van der Waals surface area contributed by atoms with Crippen molar-refractivity contribution in [2.24, 2.45) is 0 Å². The number of hydrogen-bond donors (Lipinski definition) is 5. The number of amides is 1. The molecule has 0 saturated carbocycles. The highest BCUT2D eigenvalue weighted by atomic mass is 127. The van der Waals surface area contributed by atoms with Gasteiger partial charge in [0.15, 0.2) is 23.3 Å². The molecule has 2 aromatic carbocycles. The van der Waals surface area contributed by atoms with Gasteiger partial charge in [-0.1, -0.05) is 6.92 Å². The number of nitrogens with zero attached hydrogens (tertiary/aromatic N) is 1. The van der Waals surface area contributed by atoms with Crippen molar-refractivity contribution in [3.63, 3.8) is 0 Å². The van der Waals surface area contributed by atoms with Gasteiger partial charge in [-0.2, -0.15) is 13.1 Å². The Hall–Kier alpha value is -3.06. The zero-order valence-corrected chi connectivity index (χ0v) is 23.8. The number of hydroxylamine groups is 1. The van der Waals surface area contributed by atoms with Crippen molar-refractivity contribution < 1.29 is 40.7 Å². The lowest BCUT2D eigenvalue weighted by atomic mass is 10.00. The van der Waals surface area contributed by atoms with Crippen LogP contribution in [0.5, 0.6) is 0 Å². The molecule has 1 amide bonds. The molecule has 216 valence electrons. The molecule has 0 spiro atoms. The summed E-state index contributed by atoms with van der Waals surface area (Å²) < 4.78 is 89.0. The third-order valence-corrected chi connectivity index (χ3v) is 6.92. The van der Waals surface area contributed by atoms with Crippen molar-refractivity contribution in [2.75, 3.05) is 29.8 Å². The summed E-state index contributed by atoms with van der Waals surface area (Å²) in [5.41, 5.74) is -0.302. The Balaban J connectivity index is 2.03. The van der Waals surface area contributed by atoms with Crippen LogP contribution in [0.3, 0.4) is 0 Å². The fourth-order valence-electron chi connectivity index (χ4n) is 3.35. The molecule has 0 fully saturated rings. The maximum absolute atomic E-state index is 15.4. The Morgan fingerprint density at radius 2 is 1.82 bits per heavy atom. The third kappa shape index (κ3) is 8.00. The molecule has 0 saturated heterocycles. The number of rotatable bonds is 13. The summed E-state index contributed by atoms with van der Waals surface area (Å²) in [7, 11) is -4.16. The summed E-state index contributed by atoms with van der Waals surface area (Å²) >= 11 is 1.85. The average Bonchev–Trinajstić information content (AvgIpc) is 2.90. The van der Waals surface area contributed by atoms with Crippen LogP contribution in [0, 0.1) is 26.8 Å². The highest BCUT2D eigenvalue weighted by molar-refractivity contribution is 14.1. The molecule has 0 aliphatic carbocycles. The Labute approximate surface area is 240 Å². The number of carbonyl (C=O) groups excluding carboxylic acids is 1. The second-order valence-corrected chi connectivity index (χ2v) is 10.9. The van der Waals surface area contributed by atoms with Gasteiger partial charge in [-0.15, -0.1) is 0 Å². The molecule has 0 unspecified atom stereocenters. The van der Waals surface area contributed by atoms with Crippen LogP contribution in [0.4, 0.5) is 34.8 Å². The largest absolute Gasteiger partial charge is 0.394 e. The Morgan fingerprint density at radius 3 is 2.50 bits per heavy atom. The maximum atomic E-state index is 15.4. The smallest absolute Gasteiger partial charge is 0.300 e. The van der Waals surface area contributed by atoms with Crippen molar-refractivity contribution in [1.82, 2.24) is 15.2 Å². The molecule has 0 aliphatic rings. The summed E-state index contributed by atoms with van der Waals surface area (Å²) in [5.74, 6) is -6.74. The molecular weight excluding hydrogens is 673 g/mol. The van der Waals surface area contributed by atoms with Gasteiger partial charge < -0.3 is 10.4 Å². The summed E-state index contributed by atoms with van der Waals surface area (Å²) in [6.07, 6.45) is 0.921. The first-order chi connectivity index (χ1) is 19.0. The molecule has 0 bridgehead atoms. The first-order valence-corrected chi connectivity index (χ1v) is 14.2. The van der Waals surface area contributed by atoms with Gasteiger partial charge in [-0.25, -0.2) is 28.0 Å². The quantitative estimate of drug-likeness (QED) is 0.0791. The molecule has 5 N–H and O–H groups in total. The van der Waals surface area contributed by atoms with E-state index in [4.69, 9.17) is 9.94 Å². The van der Waals surface area contributed by atoms with E-state index in [1.807, 2.05) is 32.8 Å². The predicted molar refractivity (Wildman–Crippen MR) is 147 cm³/mol. The van der Waals surface area contributed by atoms with Gasteiger partial charge in [-0.05, 0) is 70.5 Å². The molecular formula is C24H24F4IN5O5S. The van der Waals surface area contributed by atoms with Gasteiger partial charge in [0.25, 0.3) is 16.1 Å². The maximum Gasteiger partial charge on any atom is 0.300 e. The van der Waals surface area contributed by atoms with E-state index in [2.05, 4.69) is 15.0 Å². The van der Waals surface area contributed by atoms with Gasteiger partial charge >= 0.3 is 0 Å². The number of nitrogens with one attached hydrogen (secondary N) is 4. The topological polar surface area (TPSA) is 142 Å². The van der Waals surface area contributed by atoms with Crippen molar-refractivity contribution >= 4 is 55.9 Å². The Morgan fingerprint density at radius 1 is 1.07 bits per heavy atom. The van der Waals surface area contributed by atoms with E-state index >= 15 is 13.2 Å². The SMILES string of the molecule is CCCNS(=O)(=O)Nc1nccc(Cc2cc(C(=O)NOCCO)c(Nc3ccc(I)cc3F)c(F)c2F)c1F. The molecule has 0 atom stereocenters. The lowest BCUT2D eigenvalue weighted by molar-refractivity contribution is 0.0168. The number of aliphatic hydroxyl groups excluding tert-OH is 1. The van der Waals surface area contributed by atoms with E-state index in [9.17, 15) is 17.6 Å². The lowest BCUT2D eigenvalue weighted by Gasteiger charge is -2.17. The van der Waals surface area contributed by atoms with E-state index in [1.54, 1.807) is 6.92 Å². The van der Waals surface area contributed by atoms with Crippen LogP contribution >= 0.6 is 22.6 Å². The highest BCUT2D eigenvalue weighted by Crippen LogP contribution is 2.32. The minimum atomic E-state index is -4.16. The minimum absolute atomic E-state index is 0.0838. The van der Waals surface area contributed by atoms with E-state index in [0.29, 0.717) is 9.99 Å². The van der Waals surface area contributed by atoms with E-state index < -0.39 is 75.0 Å². The van der Waals surface area contributed by atoms with Crippen LogP contribution in [0.25, 0.3) is 0 Å². The number of hydrogen-bond acceptors (Lipinski definition) is 7. The summed E-state index contributed by atoms with van der Waals surface area (Å²) in [4.78, 5) is 21.2. The first-order valence-electron chi connectivity index (χ1n) is 11.6. The van der Waals surface area contributed by atoms with Gasteiger partial charge in [0.1, 0.15) is 5.82 Å². The lowest BCUT2D eigenvalue weighted by Crippen LogP contribution is -2.31. The Kier molecular flexibility index (Phi) is 11.0. The molecule has 1 aromatic heterocycles. The Bertz CT molecular complexity index is 1500. The summed E-state index contributed by atoms with van der Waals surface area (Å²) in [5, 5.41) is 11.3. The number of benzene rings is 2. The molecule has 0 aliphatic heterocycles. The van der Waals surface area contributed by atoms with E-state index in [-0.39, 0.29) is 24.4 Å². The number of halogens is 5. The fraction of sp³-hybridized carbons (Fsp3) is 0.250. The predicted octanol–water partition coefficient (Wildman–Crippen LogP) is 3.89. The van der Waals surface area contributed by atoms with Gasteiger partial charge in [0, 0.05) is 22.7 Å². The molecule has 16 heteroatoms. The molecule has 0 radical (unpaired) electrons. The van der Waals surface area contributed by atoms with Crippen molar-refractivity contribution in [1.29, 1.82) is 0 Å². The zero-order valence-electron chi connectivity index (χ0n) is 20.8. The molecule has 3 aromatic rings. The van der Waals surface area contributed by atoms with Crippen LogP contribution in [-0.4, -0.2) is 44.2 Å². The second kappa shape index (κ2) is 14.0. The van der Waals surface area contributed by atoms with Crippen LogP contribution in [-0.2, 0) is 21.5 Å². The van der Waals surface area contributed by atoms with E-state index in [1.165, 1.54) is 12.1 Å². The van der Waals surface area contributed by atoms with Crippen molar-refractivity contribution in [3.05, 3.63) is 80.1 Å². The number of aromatic nitrogens is 1. The van der Waals surface area contributed by atoms with E-state index in [0.717, 1.165) is 24.4 Å². The number of anilines is 3. The van der Waals surface area contributed by atoms with Crippen molar-refractivity contribution in [2.45, 2.75) is 19.8 Å². The zero-order chi connectivity index (χ0) is 29.4. The van der Waals surface area contributed by atoms with Crippen molar-refractivity contribution in [3.8, 4) is 0 Å². The fourth-order valence-corrected chi connectivity index (χ4v) is 4.74. The average molecular weight is 697 g/mol. The summed E-state index contributed by atoms with van der Waals surface area (Å²) in [6, 6.07) is 5.92. The molecule has 10 nitrogen and oxygen atoms in total. The van der Waals surface area contributed by atoms with Crippen LogP contribution in [0.1, 0.15) is 34.8 Å². The van der Waals surface area contributed by atoms with Gasteiger partial charge in [0.2, 0.25) is 0 Å². The molecule has 40 heavy (non-hydrogen) atoms. The molecule has 3 rings (SSSR count). The van der Waals surface area contributed by atoms with Gasteiger partial charge in [0.05, 0.1) is 30.2 Å². The van der Waals surface area contributed by atoms with Crippen LogP contribution in [0.15, 0.2) is 36.5 Å². The monoisotopic (exact) mass is 697 g/mol. The standard InChI is InChI=1S/C24H24F4IN5O5S/c1-2-6-31-40(37,38)34-23-20(27)13(5-7-30-23)10-14-11-16(24(36)33-39-9-8-35)22(21(28)19(14)26)32-18-4-3-15(29)12-17(18)25/h3-5,7,11-12,31-32,35H,2,6,8-10H2,1H3,(H,30,34)(H,33,36). The van der Waals surface area contributed by atoms with Crippen LogP contribution in [0.2, 0.25) is 0 Å². The minimum Gasteiger partial charge on any atom is -0.394 e. The normalized spacial score (nSPS) is 11.4. The number of pyridine rings is 1. The number of aliphatic hydroxyl groups is 1. The first kappa shape index (κ1) is 31.5. The number of carbonyl (C=O) groups is 1. The highest BCUT2D eigenvalue weighted by Gasteiger charge is 2.25. The van der Waals surface area contributed by atoms with Gasteiger partial charge in [-0.3, -0.25) is 14.4 Å².